The molecule has 12 unspecified atom stereocenters. The number of rotatable bonds is 0. The van der Waals surface area contributed by atoms with Crippen molar-refractivity contribution in [3.63, 3.8) is 0 Å². The Morgan fingerprint density at radius 1 is 0.250 bits per heavy atom. The molecule has 3 aromatic rings. The second-order valence-corrected chi connectivity index (χ2v) is 21.2. The molecule has 8 aliphatic heterocycles. The number of hydrogen-bond acceptors (Lipinski definition) is 30. The third-order valence-electron chi connectivity index (χ3n) is 17.6. The number of fused-ring (bicyclic) bond motifs is 25. The van der Waals surface area contributed by atoms with Crippen molar-refractivity contribution >= 4 is 117 Å². The second kappa shape index (κ2) is 18.1. The van der Waals surface area contributed by atoms with Crippen LogP contribution in [0.25, 0.3) is 21.5 Å². The monoisotopic (exact) mass is 1110 g/mol. The van der Waals surface area contributed by atoms with Gasteiger partial charge in [-0.15, -0.1) is 0 Å². The van der Waals surface area contributed by atoms with E-state index in [-0.39, 0.29) is 46.2 Å². The van der Waals surface area contributed by atoms with E-state index in [9.17, 15) is 95.9 Å². The average Bonchev–Trinajstić information content (AvgIpc) is 4.39. The summed E-state index contributed by atoms with van der Waals surface area (Å²) in [7, 11) is 0. The molecular weight excluding hydrogens is 1080 g/mol. The summed E-state index contributed by atoms with van der Waals surface area (Å²) in [6.45, 7) is 0. The van der Waals surface area contributed by atoms with Gasteiger partial charge in [0.1, 0.15) is 0 Å². The molecule has 16 rings (SSSR count). The summed E-state index contributed by atoms with van der Waals surface area (Å²) in [5, 5.41) is -0.0726. The van der Waals surface area contributed by atoms with Crippen LogP contribution in [0.4, 0.5) is 0 Å². The fourth-order valence-electron chi connectivity index (χ4n) is 14.2. The van der Waals surface area contributed by atoms with Gasteiger partial charge >= 0.3 is 118 Å². The number of carbonyl (C=O) groups is 16. The third-order valence-corrected chi connectivity index (χ3v) is 17.6. The molecule has 0 N–H and O–H groups in total. The van der Waals surface area contributed by atoms with E-state index in [1.165, 1.54) is 0 Å². The first-order valence-corrected chi connectivity index (χ1v) is 24.7. The lowest BCUT2D eigenvalue weighted by Crippen LogP contribution is -2.50. The molecule has 0 spiro atoms. The van der Waals surface area contributed by atoms with Crippen molar-refractivity contribution in [2.45, 2.75) is 38.5 Å². The van der Waals surface area contributed by atoms with Gasteiger partial charge in [-0.25, -0.2) is 19.2 Å². The Kier molecular flexibility index (Phi) is 11.6. The van der Waals surface area contributed by atoms with E-state index >= 15 is 0 Å². The van der Waals surface area contributed by atoms with Crippen LogP contribution in [-0.2, 0) is 115 Å². The number of furan rings is 2. The zero-order valence-corrected chi connectivity index (χ0v) is 40.0. The molecular formula is C50H32O30. The fraction of sp³-hybridized carbons (Fsp3) is 0.480. The molecule has 5 saturated carbocycles. The molecule has 8 bridgehead atoms. The maximum Gasteiger partial charge on any atom is 0.346 e. The topological polar surface area (TPSA) is 442 Å². The van der Waals surface area contributed by atoms with Crippen molar-refractivity contribution in [3.05, 3.63) is 53.8 Å². The van der Waals surface area contributed by atoms with Crippen molar-refractivity contribution in [3.8, 4) is 0 Å². The molecule has 0 amide bonds. The Hall–Kier alpha value is -9.38. The smallest absolute Gasteiger partial charge is 0.346 e. The zero-order chi connectivity index (χ0) is 57.0. The molecule has 8 saturated heterocycles. The van der Waals surface area contributed by atoms with Crippen molar-refractivity contribution in [2.75, 3.05) is 0 Å². The van der Waals surface area contributed by atoms with E-state index < -0.39 is 213 Å². The van der Waals surface area contributed by atoms with Gasteiger partial charge in [-0.2, -0.15) is 0 Å². The highest BCUT2D eigenvalue weighted by molar-refractivity contribution is 6.10. The molecule has 13 fully saturated rings. The van der Waals surface area contributed by atoms with Crippen LogP contribution in [0.1, 0.15) is 38.5 Å². The maximum absolute atomic E-state index is 11.7. The largest absolute Gasteiger partial charge is 0.393 e. The molecule has 10 heterocycles. The van der Waals surface area contributed by atoms with Crippen LogP contribution in [0.15, 0.2) is 40.1 Å². The number of carbonyl (C=O) groups excluding carboxylic acids is 16. The summed E-state index contributed by atoms with van der Waals surface area (Å²) in [6.07, 6.45) is 1.46. The molecule has 30 nitrogen and oxygen atoms in total. The third kappa shape index (κ3) is 7.64. The molecule has 412 valence electrons. The highest BCUT2D eigenvalue weighted by Crippen LogP contribution is 2.61. The fourth-order valence-corrected chi connectivity index (χ4v) is 14.2. The molecule has 0 radical (unpaired) electrons. The second-order valence-electron chi connectivity index (χ2n) is 21.2. The van der Waals surface area contributed by atoms with Gasteiger partial charge in [0.05, 0.1) is 117 Å². The van der Waals surface area contributed by atoms with E-state index in [0.29, 0.717) is 25.7 Å². The predicted octanol–water partition coefficient (Wildman–Crippen LogP) is -3.39. The first kappa shape index (κ1) is 51.4. The molecule has 1 aromatic carbocycles. The first-order valence-electron chi connectivity index (χ1n) is 24.7. The minimum atomic E-state index is -0.824. The van der Waals surface area contributed by atoms with Crippen LogP contribution in [0.5, 0.6) is 0 Å². The Morgan fingerprint density at radius 3 is 0.762 bits per heavy atom. The number of ether oxygens (including phenoxy) is 8. The van der Waals surface area contributed by atoms with Crippen LogP contribution < -0.4 is 22.5 Å². The molecule has 30 heteroatoms. The van der Waals surface area contributed by atoms with Crippen LogP contribution in [0.2, 0.25) is 0 Å². The van der Waals surface area contributed by atoms with Crippen LogP contribution in [0, 0.1) is 107 Å². The molecule has 13 aliphatic rings. The summed E-state index contributed by atoms with van der Waals surface area (Å²) in [4.78, 5) is 227. The van der Waals surface area contributed by atoms with Gasteiger partial charge in [-0.3, -0.25) is 76.7 Å². The molecule has 80 heavy (non-hydrogen) atoms. The summed E-state index contributed by atoms with van der Waals surface area (Å²) < 4.78 is 44.9. The van der Waals surface area contributed by atoms with Gasteiger partial charge < -0.3 is 46.7 Å². The van der Waals surface area contributed by atoms with E-state index in [2.05, 4.69) is 37.3 Å². The van der Waals surface area contributed by atoms with Crippen LogP contribution in [0.3, 0.4) is 0 Å². The Balaban J connectivity index is 0.0000000997. The van der Waals surface area contributed by atoms with Gasteiger partial charge in [-0.1, -0.05) is 0 Å². The van der Waals surface area contributed by atoms with Crippen molar-refractivity contribution in [1.82, 2.24) is 0 Å². The summed E-state index contributed by atoms with van der Waals surface area (Å²) in [5.41, 5.74) is -3.30. The SMILES string of the molecule is O=C1CC2C3CC(C(=O)OC3=O)C2C(=O)O1.O=C1CC2C3CC(C(=O)OC3=O)C2C(=O)O1.O=C1OC(=O)C2C1C1C(=O)OC(=O)C21.O=C1OC(=O)C2CC1C1C3CC(C(=O)OC3=O)C21.O=c1oc(=O)c2cc3c(=O)oc(=O)c3cc12. The maximum atomic E-state index is 11.7. The number of cyclic esters (lactones) is 16. The lowest BCUT2D eigenvalue weighted by atomic mass is 9.59. The van der Waals surface area contributed by atoms with E-state index in [4.69, 9.17) is 9.47 Å². The summed E-state index contributed by atoms with van der Waals surface area (Å²) in [5.74, 6) is -20.0. The quantitative estimate of drug-likeness (QED) is 0.0916. The minimum Gasteiger partial charge on any atom is -0.393 e. The molecule has 12 atom stereocenters. The highest BCUT2D eigenvalue weighted by Gasteiger charge is 2.73. The van der Waals surface area contributed by atoms with E-state index in [0.717, 1.165) is 12.1 Å². The van der Waals surface area contributed by atoms with Crippen molar-refractivity contribution < 1.29 is 123 Å². The first-order chi connectivity index (χ1) is 37.9. The standard InChI is InChI=1S/C12H10O6.2C10H8O6.C10H2O6.C8H4O6/c13-9-3-1-4(10(14)17-9)8-6-2-5(7(3)8)11(15)18-12(6)16;2*11-6-2-3-4-1-5(7(3)10(14)15-6)9(13)16-8(4)12;11-7-3-1-4-6(10(14)16-8(4)12)2-5(3)9(13)15-7;9-5-1-2(6(10)13-5)4-3(1)7(11)14-8(4)12/h3-8H,1-2H2;2*3-5,7H,1-2H2;1-2H;1-4H. The number of esters is 16. The zero-order valence-electron chi connectivity index (χ0n) is 40.0. The molecule has 5 aliphatic carbocycles. The lowest BCUT2D eigenvalue weighted by Gasteiger charge is -2.33. The van der Waals surface area contributed by atoms with Crippen molar-refractivity contribution in [1.29, 1.82) is 0 Å². The predicted molar refractivity (Wildman–Crippen MR) is 233 cm³/mol. The van der Waals surface area contributed by atoms with Gasteiger partial charge in [-0.05, 0) is 61.5 Å². The van der Waals surface area contributed by atoms with Gasteiger partial charge in [0.25, 0.3) is 0 Å². The van der Waals surface area contributed by atoms with Crippen LogP contribution >= 0.6 is 0 Å². The van der Waals surface area contributed by atoms with Gasteiger partial charge in [0, 0.05) is 0 Å². The number of benzene rings is 1. The van der Waals surface area contributed by atoms with Gasteiger partial charge in [0.2, 0.25) is 0 Å². The van der Waals surface area contributed by atoms with Crippen LogP contribution in [-0.4, -0.2) is 95.5 Å². The lowest BCUT2D eigenvalue weighted by molar-refractivity contribution is -0.175. The van der Waals surface area contributed by atoms with Gasteiger partial charge in [0.15, 0.2) is 0 Å². The minimum absolute atomic E-state index is 0.0138. The summed E-state index contributed by atoms with van der Waals surface area (Å²) >= 11 is 0. The Labute approximate surface area is 438 Å². The Morgan fingerprint density at radius 2 is 0.475 bits per heavy atom. The van der Waals surface area contributed by atoms with E-state index in [1.807, 2.05) is 0 Å². The highest BCUT2D eigenvalue weighted by atomic mass is 16.6. The average molecular weight is 1110 g/mol. The molecule has 2 aromatic heterocycles. The summed E-state index contributed by atoms with van der Waals surface area (Å²) in [6, 6.07) is 2.29. The Bertz CT molecular complexity index is 3370. The van der Waals surface area contributed by atoms with Crippen molar-refractivity contribution in [2.24, 2.45) is 107 Å². The van der Waals surface area contributed by atoms with E-state index in [1.54, 1.807) is 0 Å². The normalized spacial score (nSPS) is 37.6. The number of hydrogen-bond donors (Lipinski definition) is 0.